The van der Waals surface area contributed by atoms with Gasteiger partial charge in [-0.25, -0.2) is 33.5 Å². The summed E-state index contributed by atoms with van der Waals surface area (Å²) in [6.45, 7) is 18.1. The van der Waals surface area contributed by atoms with Crippen molar-refractivity contribution >= 4 is 34.5 Å². The first-order chi connectivity index (χ1) is 21.6. The maximum absolute atomic E-state index is 15.1. The van der Waals surface area contributed by atoms with E-state index in [2.05, 4.69) is 15.0 Å². The van der Waals surface area contributed by atoms with Crippen molar-refractivity contribution in [2.45, 2.75) is 91.8 Å². The Morgan fingerprint density at radius 1 is 1.00 bits per heavy atom. The second-order valence-corrected chi connectivity index (χ2v) is 13.9. The molecule has 1 fully saturated rings. The molecule has 1 aliphatic rings. The van der Waals surface area contributed by atoms with Crippen LogP contribution in [0.4, 0.5) is 15.0 Å². The molecule has 244 valence electrons. The number of fused-ring (bicyclic) bond motifs is 1. The Bertz CT molecular complexity index is 1830. The van der Waals surface area contributed by atoms with E-state index in [9.17, 15) is 9.59 Å². The van der Waals surface area contributed by atoms with Gasteiger partial charge in [0.15, 0.2) is 5.65 Å². The summed E-state index contributed by atoms with van der Waals surface area (Å²) in [5.74, 6) is -0.230. The maximum Gasteiger partial charge on any atom is 0.410 e. The monoisotopic (exact) mass is 649 g/mol. The number of hydrogen-bond acceptors (Lipinski definition) is 8. The Balaban J connectivity index is 1.78. The summed E-state index contributed by atoms with van der Waals surface area (Å²) >= 11 is 6.86. The van der Waals surface area contributed by atoms with E-state index in [0.717, 1.165) is 0 Å². The Morgan fingerprint density at radius 2 is 1.63 bits per heavy atom. The molecule has 0 bridgehead atoms. The molecule has 0 radical (unpaired) electrons. The van der Waals surface area contributed by atoms with Gasteiger partial charge >= 0.3 is 11.8 Å². The van der Waals surface area contributed by atoms with E-state index in [-0.39, 0.29) is 45.8 Å². The number of halogens is 2. The van der Waals surface area contributed by atoms with Crippen molar-refractivity contribution in [3.05, 3.63) is 69.4 Å². The van der Waals surface area contributed by atoms with Gasteiger partial charge in [0.2, 0.25) is 0 Å². The highest BCUT2D eigenvalue weighted by atomic mass is 35.5. The molecule has 1 aliphatic heterocycles. The predicted octanol–water partition coefficient (Wildman–Crippen LogP) is 7.11. The number of nitrogens with zero attached hydrogens (tertiary/aromatic N) is 7. The van der Waals surface area contributed by atoms with E-state index in [0.29, 0.717) is 41.4 Å². The fourth-order valence-electron chi connectivity index (χ4n) is 5.85. The summed E-state index contributed by atoms with van der Waals surface area (Å²) in [5, 5.41) is 0.708. The van der Waals surface area contributed by atoms with Gasteiger partial charge in [-0.2, -0.15) is 4.98 Å². The largest absolute Gasteiger partial charge is 0.444 e. The minimum atomic E-state index is -0.636. The zero-order valence-corrected chi connectivity index (χ0v) is 28.6. The molecule has 5 rings (SSSR count). The Labute approximate surface area is 273 Å². The number of ether oxygens (including phenoxy) is 1. The third kappa shape index (κ3) is 6.29. The highest BCUT2D eigenvalue weighted by molar-refractivity contribution is 6.33. The minimum Gasteiger partial charge on any atom is -0.444 e. The van der Waals surface area contributed by atoms with E-state index in [1.54, 1.807) is 29.2 Å². The van der Waals surface area contributed by atoms with Crippen molar-refractivity contribution in [3.8, 4) is 16.9 Å². The Morgan fingerprint density at radius 3 is 2.22 bits per heavy atom. The van der Waals surface area contributed by atoms with Crippen LogP contribution in [0, 0.1) is 5.82 Å². The van der Waals surface area contributed by atoms with Crippen LogP contribution in [0.25, 0.3) is 28.0 Å². The lowest BCUT2D eigenvalue weighted by molar-refractivity contribution is 0.0130. The number of piperazine rings is 1. The van der Waals surface area contributed by atoms with Crippen LogP contribution in [-0.4, -0.2) is 66.3 Å². The first-order valence-electron chi connectivity index (χ1n) is 15.6. The Hall–Kier alpha value is -4.12. The first-order valence-corrected chi connectivity index (χ1v) is 16.0. The molecule has 0 saturated carbocycles. The molecule has 4 heterocycles. The van der Waals surface area contributed by atoms with Gasteiger partial charge in [-0.1, -0.05) is 51.4 Å². The molecule has 0 aliphatic carbocycles. The van der Waals surface area contributed by atoms with Crippen molar-refractivity contribution in [3.63, 3.8) is 0 Å². The van der Waals surface area contributed by atoms with Crippen molar-refractivity contribution in [1.82, 2.24) is 29.4 Å². The summed E-state index contributed by atoms with van der Waals surface area (Å²) in [5.41, 5.74) is 1.27. The molecule has 3 aromatic heterocycles. The van der Waals surface area contributed by atoms with Gasteiger partial charge in [0.05, 0.1) is 33.2 Å². The average Bonchev–Trinajstić information content (AvgIpc) is 2.97. The van der Waals surface area contributed by atoms with Crippen LogP contribution in [0.3, 0.4) is 0 Å². The summed E-state index contributed by atoms with van der Waals surface area (Å²) in [7, 11) is 0. The number of benzene rings is 1. The lowest BCUT2D eigenvalue weighted by Crippen LogP contribution is -2.59. The van der Waals surface area contributed by atoms with Crippen LogP contribution >= 0.6 is 11.6 Å². The lowest BCUT2D eigenvalue weighted by atomic mass is 10.0. The smallest absolute Gasteiger partial charge is 0.410 e. The van der Waals surface area contributed by atoms with Gasteiger partial charge < -0.3 is 14.5 Å². The standard InChI is InChI=1S/C34H41ClFN7O3/c1-18(2)26-29(27(19(3)4)38-17-37-26)43-31-23(14-24(35)28(39-31)22-12-10-11-13-25(22)36)30(40-32(43)44)41-15-21(6)42(16-20(41)5)33(45)46-34(7,8)9/h10-14,17-21H,15-16H2,1-9H3. The predicted molar refractivity (Wildman–Crippen MR) is 179 cm³/mol. The Kier molecular flexibility index (Phi) is 9.10. The van der Waals surface area contributed by atoms with Crippen molar-refractivity contribution in [1.29, 1.82) is 0 Å². The SMILES string of the molecule is CC(C)c1ncnc(C(C)C)c1-n1c(=O)nc(N2CC(C)N(C(=O)OC(C)(C)C)CC2C)c2cc(Cl)c(-c3ccccc3F)nc21. The van der Waals surface area contributed by atoms with Gasteiger partial charge in [0.1, 0.15) is 23.6 Å². The van der Waals surface area contributed by atoms with Gasteiger partial charge in [-0.05, 0) is 64.7 Å². The van der Waals surface area contributed by atoms with E-state index < -0.39 is 23.2 Å². The van der Waals surface area contributed by atoms with Gasteiger partial charge in [0, 0.05) is 30.7 Å². The number of anilines is 1. The second kappa shape index (κ2) is 12.6. The number of hydrogen-bond donors (Lipinski definition) is 0. The number of pyridine rings is 1. The molecule has 1 aromatic carbocycles. The molecule has 1 amide bonds. The summed E-state index contributed by atoms with van der Waals surface area (Å²) in [4.78, 5) is 49.7. The zero-order valence-electron chi connectivity index (χ0n) is 27.8. The van der Waals surface area contributed by atoms with Crippen LogP contribution in [0.15, 0.2) is 41.5 Å². The van der Waals surface area contributed by atoms with Crippen molar-refractivity contribution < 1.29 is 13.9 Å². The minimum absolute atomic E-state index is 0.0581. The summed E-state index contributed by atoms with van der Waals surface area (Å²) < 4.78 is 22.2. The fraction of sp³-hybridized carbons (Fsp3) is 0.471. The molecule has 46 heavy (non-hydrogen) atoms. The molecule has 2 atom stereocenters. The van der Waals surface area contributed by atoms with E-state index in [1.165, 1.54) is 17.0 Å². The van der Waals surface area contributed by atoms with Gasteiger partial charge in [0.25, 0.3) is 0 Å². The number of carbonyl (C=O) groups excluding carboxylic acids is 1. The first kappa shape index (κ1) is 33.2. The summed E-state index contributed by atoms with van der Waals surface area (Å²) in [6, 6.07) is 7.44. The normalized spacial score (nSPS) is 17.3. The zero-order chi connectivity index (χ0) is 33.7. The van der Waals surface area contributed by atoms with Gasteiger partial charge in [-0.15, -0.1) is 0 Å². The number of aromatic nitrogens is 5. The number of amides is 1. The third-order valence-electron chi connectivity index (χ3n) is 8.01. The number of carbonyl (C=O) groups is 1. The molecular weight excluding hydrogens is 609 g/mol. The highest BCUT2D eigenvalue weighted by Gasteiger charge is 2.37. The van der Waals surface area contributed by atoms with Crippen LogP contribution in [-0.2, 0) is 4.74 Å². The second-order valence-electron chi connectivity index (χ2n) is 13.5. The molecule has 4 aromatic rings. The quantitative estimate of drug-likeness (QED) is 0.225. The van der Waals surface area contributed by atoms with E-state index in [1.807, 2.05) is 67.2 Å². The fourth-order valence-corrected chi connectivity index (χ4v) is 6.10. The molecule has 12 heteroatoms. The van der Waals surface area contributed by atoms with Crippen molar-refractivity contribution in [2.75, 3.05) is 18.0 Å². The maximum atomic E-state index is 15.1. The molecule has 0 N–H and O–H groups in total. The average molecular weight is 650 g/mol. The molecule has 1 saturated heterocycles. The molecule has 0 spiro atoms. The van der Waals surface area contributed by atoms with Crippen molar-refractivity contribution in [2.24, 2.45) is 0 Å². The van der Waals surface area contributed by atoms with E-state index in [4.69, 9.17) is 21.3 Å². The van der Waals surface area contributed by atoms with Crippen LogP contribution in [0.2, 0.25) is 5.02 Å². The van der Waals surface area contributed by atoms with Crippen LogP contribution in [0.1, 0.15) is 85.5 Å². The molecule has 2 unspecified atom stereocenters. The molecule has 10 nitrogen and oxygen atoms in total. The van der Waals surface area contributed by atoms with Crippen LogP contribution < -0.4 is 10.6 Å². The lowest BCUT2D eigenvalue weighted by Gasteiger charge is -2.44. The van der Waals surface area contributed by atoms with Crippen LogP contribution in [0.5, 0.6) is 0 Å². The highest BCUT2D eigenvalue weighted by Crippen LogP contribution is 2.37. The third-order valence-corrected chi connectivity index (χ3v) is 8.30. The summed E-state index contributed by atoms with van der Waals surface area (Å²) in [6.07, 6.45) is 1.11. The van der Waals surface area contributed by atoms with Gasteiger partial charge in [-0.3, -0.25) is 0 Å². The van der Waals surface area contributed by atoms with E-state index >= 15 is 4.39 Å². The molecular formula is C34H41ClFN7O3. The number of rotatable bonds is 5. The topological polar surface area (TPSA) is 106 Å².